The minimum Gasteiger partial charge on any atom is -0.296 e. The van der Waals surface area contributed by atoms with Gasteiger partial charge in [-0.25, -0.2) is 9.88 Å². The molecule has 3 aromatic carbocycles. The minimum absolute atomic E-state index is 0.0437. The van der Waals surface area contributed by atoms with Crippen LogP contribution < -0.4 is 15.8 Å². The van der Waals surface area contributed by atoms with Crippen LogP contribution >= 0.6 is 11.6 Å². The highest BCUT2D eigenvalue weighted by Crippen LogP contribution is 2.56. The summed E-state index contributed by atoms with van der Waals surface area (Å²) in [6, 6.07) is 21.2. The number of benzene rings is 3. The first-order valence-electron chi connectivity index (χ1n) is 12.4. The van der Waals surface area contributed by atoms with Gasteiger partial charge in [-0.2, -0.15) is 0 Å². The summed E-state index contributed by atoms with van der Waals surface area (Å²) in [5.41, 5.74) is 1.19. The summed E-state index contributed by atoms with van der Waals surface area (Å²) in [5, 5.41) is 4.73. The number of imide groups is 1. The zero-order chi connectivity index (χ0) is 25.6. The van der Waals surface area contributed by atoms with Crippen molar-refractivity contribution in [2.75, 3.05) is 4.90 Å². The van der Waals surface area contributed by atoms with Crippen molar-refractivity contribution in [2.24, 2.45) is 17.8 Å². The van der Waals surface area contributed by atoms with E-state index in [0.29, 0.717) is 33.1 Å². The van der Waals surface area contributed by atoms with Crippen LogP contribution in [0.5, 0.6) is 0 Å². The number of amides is 2. The molecule has 0 radical (unpaired) electrons. The van der Waals surface area contributed by atoms with Crippen LogP contribution in [0.15, 0.2) is 77.6 Å². The molecule has 1 N–H and O–H groups in total. The molecule has 2 fully saturated rings. The maximum absolute atomic E-state index is 14.3. The van der Waals surface area contributed by atoms with E-state index in [9.17, 15) is 14.4 Å². The van der Waals surface area contributed by atoms with Crippen LogP contribution in [0.4, 0.5) is 5.69 Å². The first-order chi connectivity index (χ1) is 17.8. The molecule has 1 aromatic heterocycles. The predicted molar refractivity (Wildman–Crippen MR) is 141 cm³/mol. The number of hydrogen-bond acceptors (Lipinski definition) is 5. The molecular weight excluding hydrogens is 488 g/mol. The number of para-hydroxylation sites is 2. The summed E-state index contributed by atoms with van der Waals surface area (Å²) in [7, 11) is 0. The molecule has 8 heteroatoms. The third kappa shape index (κ3) is 2.76. The van der Waals surface area contributed by atoms with Gasteiger partial charge in [-0.15, -0.1) is 0 Å². The normalized spacial score (nSPS) is 25.8. The smallest absolute Gasteiger partial charge is 0.266 e. The third-order valence-electron chi connectivity index (χ3n) is 8.10. The standard InChI is InChI=1S/C29H23ClN4O3/c1-15(2)24-22-23(27(37)33(26(22)36)17-13-11-16(30)12-14-17)29(32-24)19-8-4-6-10-21(19)34-25(35)18-7-3-5-9-20(18)31-28(29)34/h3-15,22-24,32H,1-2H3/t22?,23?,24?,29-/m0/s1. The van der Waals surface area contributed by atoms with Crippen LogP contribution in [0.2, 0.25) is 5.02 Å². The van der Waals surface area contributed by atoms with E-state index in [2.05, 4.69) is 5.32 Å². The van der Waals surface area contributed by atoms with Gasteiger partial charge in [-0.3, -0.25) is 24.3 Å². The number of rotatable bonds is 2. The van der Waals surface area contributed by atoms with Crippen LogP contribution in [0.1, 0.15) is 25.2 Å². The molecule has 1 spiro atoms. The van der Waals surface area contributed by atoms with Gasteiger partial charge >= 0.3 is 0 Å². The molecule has 4 atom stereocenters. The summed E-state index contributed by atoms with van der Waals surface area (Å²) in [6.07, 6.45) is 0. The molecule has 0 aliphatic carbocycles. The van der Waals surface area contributed by atoms with Gasteiger partial charge < -0.3 is 0 Å². The Morgan fingerprint density at radius 3 is 2.38 bits per heavy atom. The number of hydrogen-bond donors (Lipinski definition) is 1. The zero-order valence-electron chi connectivity index (χ0n) is 20.2. The highest BCUT2D eigenvalue weighted by Gasteiger charge is 2.70. The van der Waals surface area contributed by atoms with Crippen LogP contribution in [-0.4, -0.2) is 27.4 Å². The lowest BCUT2D eigenvalue weighted by molar-refractivity contribution is -0.123. The van der Waals surface area contributed by atoms with Crippen molar-refractivity contribution in [1.82, 2.24) is 14.9 Å². The summed E-state index contributed by atoms with van der Waals surface area (Å²) in [4.78, 5) is 48.4. The lowest BCUT2D eigenvalue weighted by atomic mass is 9.75. The van der Waals surface area contributed by atoms with Gasteiger partial charge in [0.1, 0.15) is 11.4 Å². The highest BCUT2D eigenvalue weighted by molar-refractivity contribution is 6.31. The zero-order valence-corrected chi connectivity index (χ0v) is 20.9. The summed E-state index contributed by atoms with van der Waals surface area (Å²) in [5.74, 6) is -1.45. The number of nitrogens with one attached hydrogen (secondary N) is 1. The Bertz CT molecular complexity index is 1700. The fraction of sp³-hybridized carbons (Fsp3) is 0.241. The fourth-order valence-corrected chi connectivity index (χ4v) is 6.70. The van der Waals surface area contributed by atoms with E-state index in [1.165, 1.54) is 4.90 Å². The quantitative estimate of drug-likeness (QED) is 0.412. The predicted octanol–water partition coefficient (Wildman–Crippen LogP) is 4.03. The second kappa shape index (κ2) is 7.60. The number of carbonyl (C=O) groups excluding carboxylic acids is 2. The maximum Gasteiger partial charge on any atom is 0.266 e. The first-order valence-corrected chi connectivity index (χ1v) is 12.8. The van der Waals surface area contributed by atoms with E-state index in [0.717, 1.165) is 5.56 Å². The van der Waals surface area contributed by atoms with E-state index in [1.807, 2.05) is 56.3 Å². The molecule has 3 aliphatic rings. The molecule has 3 aliphatic heterocycles. The Labute approximate surface area is 217 Å². The monoisotopic (exact) mass is 510 g/mol. The fourth-order valence-electron chi connectivity index (χ4n) is 6.57. The molecule has 184 valence electrons. The Morgan fingerprint density at radius 1 is 0.919 bits per heavy atom. The number of halogens is 1. The average molecular weight is 511 g/mol. The van der Waals surface area contributed by atoms with E-state index in [1.54, 1.807) is 34.9 Å². The average Bonchev–Trinajstić information content (AvgIpc) is 3.49. The maximum atomic E-state index is 14.3. The van der Waals surface area contributed by atoms with Crippen molar-refractivity contribution in [3.63, 3.8) is 0 Å². The molecule has 0 saturated carbocycles. The van der Waals surface area contributed by atoms with E-state index < -0.39 is 17.4 Å². The number of nitrogens with zero attached hydrogens (tertiary/aromatic N) is 3. The number of carbonyl (C=O) groups is 2. The van der Waals surface area contributed by atoms with Crippen LogP contribution in [0.3, 0.4) is 0 Å². The Kier molecular flexibility index (Phi) is 4.60. The van der Waals surface area contributed by atoms with Crippen molar-refractivity contribution in [1.29, 1.82) is 0 Å². The molecule has 4 heterocycles. The van der Waals surface area contributed by atoms with Gasteiger partial charge in [-0.1, -0.05) is 55.8 Å². The minimum atomic E-state index is -1.13. The topological polar surface area (TPSA) is 84.3 Å². The summed E-state index contributed by atoms with van der Waals surface area (Å²) < 4.78 is 1.62. The Balaban J connectivity index is 1.53. The molecule has 0 bridgehead atoms. The number of anilines is 1. The van der Waals surface area contributed by atoms with Gasteiger partial charge in [0.05, 0.1) is 34.1 Å². The van der Waals surface area contributed by atoms with E-state index in [4.69, 9.17) is 16.6 Å². The van der Waals surface area contributed by atoms with Crippen molar-refractivity contribution in [3.05, 3.63) is 99.6 Å². The highest BCUT2D eigenvalue weighted by atomic mass is 35.5. The second-order valence-electron chi connectivity index (χ2n) is 10.3. The molecule has 7 rings (SSSR count). The lowest BCUT2D eigenvalue weighted by Gasteiger charge is -2.32. The Hall–Kier alpha value is -3.81. The van der Waals surface area contributed by atoms with Crippen molar-refractivity contribution >= 4 is 40.0 Å². The van der Waals surface area contributed by atoms with Crippen molar-refractivity contribution in [3.8, 4) is 5.69 Å². The molecular formula is C29H23ClN4O3. The lowest BCUT2D eigenvalue weighted by Crippen LogP contribution is -2.51. The summed E-state index contributed by atoms with van der Waals surface area (Å²) >= 11 is 6.09. The van der Waals surface area contributed by atoms with Gasteiger partial charge in [0, 0.05) is 16.6 Å². The van der Waals surface area contributed by atoms with Crippen LogP contribution in [0.25, 0.3) is 16.6 Å². The molecule has 4 aromatic rings. The molecule has 2 saturated heterocycles. The first kappa shape index (κ1) is 22.4. The molecule has 37 heavy (non-hydrogen) atoms. The van der Waals surface area contributed by atoms with Crippen LogP contribution in [-0.2, 0) is 15.1 Å². The number of fused-ring (bicyclic) bond motifs is 8. The van der Waals surface area contributed by atoms with Crippen molar-refractivity contribution in [2.45, 2.75) is 25.4 Å². The van der Waals surface area contributed by atoms with Crippen molar-refractivity contribution < 1.29 is 9.59 Å². The second-order valence-corrected chi connectivity index (χ2v) is 10.8. The van der Waals surface area contributed by atoms with Gasteiger partial charge in [-0.05, 0) is 48.4 Å². The van der Waals surface area contributed by atoms with Crippen LogP contribution in [0, 0.1) is 17.8 Å². The molecule has 7 nitrogen and oxygen atoms in total. The molecule has 3 unspecified atom stereocenters. The largest absolute Gasteiger partial charge is 0.296 e. The van der Waals surface area contributed by atoms with Gasteiger partial charge in [0.15, 0.2) is 0 Å². The SMILES string of the molecule is CC(C)C1N[C@@]2(c3ccccc3-n3c2nc2ccccc2c3=O)C2C(=O)N(c3ccc(Cl)cc3)C(=O)C12. The van der Waals surface area contributed by atoms with E-state index in [-0.39, 0.29) is 29.3 Å². The van der Waals surface area contributed by atoms with Gasteiger partial charge in [0.2, 0.25) is 11.8 Å². The van der Waals surface area contributed by atoms with E-state index >= 15 is 0 Å². The number of aromatic nitrogens is 2. The third-order valence-corrected chi connectivity index (χ3v) is 8.35. The summed E-state index contributed by atoms with van der Waals surface area (Å²) in [6.45, 7) is 4.08. The molecule has 2 amide bonds. The Morgan fingerprint density at radius 2 is 1.62 bits per heavy atom. The van der Waals surface area contributed by atoms with Gasteiger partial charge in [0.25, 0.3) is 5.56 Å².